The van der Waals surface area contributed by atoms with Gasteiger partial charge in [0.1, 0.15) is 0 Å². The molecule has 2 saturated carbocycles. The van der Waals surface area contributed by atoms with E-state index in [1.807, 2.05) is 42.2 Å². The summed E-state index contributed by atoms with van der Waals surface area (Å²) in [6.45, 7) is 2.44. The molecular formula is C28H27F3N2O3. The van der Waals surface area contributed by atoms with Gasteiger partial charge in [0.25, 0.3) is 0 Å². The summed E-state index contributed by atoms with van der Waals surface area (Å²) in [5.41, 5.74) is 0.707. The Morgan fingerprint density at radius 3 is 2.69 bits per heavy atom. The highest BCUT2D eigenvalue weighted by Crippen LogP contribution is 2.72. The molecular weight excluding hydrogens is 469 g/mol. The zero-order chi connectivity index (χ0) is 24.8. The maximum atomic E-state index is 13.9. The summed E-state index contributed by atoms with van der Waals surface area (Å²) < 4.78 is 48.2. The van der Waals surface area contributed by atoms with E-state index in [1.54, 1.807) is 6.07 Å². The van der Waals surface area contributed by atoms with Gasteiger partial charge in [-0.2, -0.15) is 13.2 Å². The third-order valence-corrected chi connectivity index (χ3v) is 10.1. The average molecular weight is 497 g/mol. The highest BCUT2D eigenvalue weighted by atomic mass is 19.4. The molecule has 2 aliphatic heterocycles. The number of H-pyrrole nitrogens is 1. The summed E-state index contributed by atoms with van der Waals surface area (Å²) in [6.07, 6.45) is -3.53. The maximum absolute atomic E-state index is 13.9. The van der Waals surface area contributed by atoms with Crippen molar-refractivity contribution in [2.75, 3.05) is 13.1 Å². The van der Waals surface area contributed by atoms with E-state index in [0.717, 1.165) is 33.3 Å². The molecule has 188 valence electrons. The maximum Gasteiger partial charge on any atom is 0.395 e. The lowest BCUT2D eigenvalue weighted by Gasteiger charge is -2.55. The van der Waals surface area contributed by atoms with E-state index in [2.05, 4.69) is 4.98 Å². The number of rotatable bonds is 2. The van der Waals surface area contributed by atoms with Gasteiger partial charge in [-0.25, -0.2) is 0 Å². The van der Waals surface area contributed by atoms with Gasteiger partial charge in [-0.05, 0) is 55.4 Å². The zero-order valence-corrected chi connectivity index (χ0v) is 19.8. The summed E-state index contributed by atoms with van der Waals surface area (Å²) in [4.78, 5) is 5.43. The van der Waals surface area contributed by atoms with E-state index in [9.17, 15) is 23.4 Å². The SMILES string of the molecule is Cc1ccc(O)c2c1[C@]13CC4CN(CC5(C(F)(F)F)CC5)[C@H]4[C@]1(O)Cc1c([nH]c4ccccc14)[C@@H]3O2. The van der Waals surface area contributed by atoms with Crippen molar-refractivity contribution >= 4 is 10.9 Å². The molecule has 1 saturated heterocycles. The molecule has 8 heteroatoms. The fraction of sp³-hybridized carbons (Fsp3) is 0.500. The van der Waals surface area contributed by atoms with Crippen molar-refractivity contribution in [3.63, 3.8) is 0 Å². The first-order valence-corrected chi connectivity index (χ1v) is 12.7. The van der Waals surface area contributed by atoms with Crippen molar-refractivity contribution in [1.82, 2.24) is 9.88 Å². The summed E-state index contributed by atoms with van der Waals surface area (Å²) in [5, 5.41) is 24.6. The number of alkyl halides is 3. The molecule has 3 heterocycles. The van der Waals surface area contributed by atoms with Crippen molar-refractivity contribution < 1.29 is 28.1 Å². The number of likely N-dealkylation sites (tertiary alicyclic amines) is 1. The number of halogens is 3. The van der Waals surface area contributed by atoms with Crippen LogP contribution in [0.5, 0.6) is 11.5 Å². The minimum absolute atomic E-state index is 0.0319. The minimum Gasteiger partial charge on any atom is -0.504 e. The van der Waals surface area contributed by atoms with Crippen LogP contribution in [-0.2, 0) is 11.8 Å². The number of para-hydroxylation sites is 1. The fourth-order valence-corrected chi connectivity index (χ4v) is 8.45. The van der Waals surface area contributed by atoms with Gasteiger partial charge < -0.3 is 19.9 Å². The Morgan fingerprint density at radius 1 is 1.17 bits per heavy atom. The Bertz CT molecular complexity index is 1460. The smallest absolute Gasteiger partial charge is 0.395 e. The van der Waals surface area contributed by atoms with Gasteiger partial charge in [0.05, 0.1) is 22.1 Å². The van der Waals surface area contributed by atoms with Crippen molar-refractivity contribution in [3.05, 3.63) is 58.8 Å². The number of nitrogens with zero attached hydrogens (tertiary/aromatic N) is 1. The van der Waals surface area contributed by atoms with Gasteiger partial charge in [-0.3, -0.25) is 4.90 Å². The number of aliphatic hydroxyl groups is 1. The number of aryl methyl sites for hydroxylation is 1. The molecule has 0 amide bonds. The Labute approximate surface area is 205 Å². The number of ether oxygens (including phenoxy) is 1. The molecule has 0 radical (unpaired) electrons. The molecule has 36 heavy (non-hydrogen) atoms. The summed E-state index contributed by atoms with van der Waals surface area (Å²) >= 11 is 0. The fourth-order valence-electron chi connectivity index (χ4n) is 8.45. The van der Waals surface area contributed by atoms with Gasteiger partial charge in [0, 0.05) is 42.0 Å². The lowest BCUT2D eigenvalue weighted by atomic mass is 9.58. The molecule has 8 rings (SSSR count). The van der Waals surface area contributed by atoms with Crippen LogP contribution in [-0.4, -0.2) is 51.0 Å². The van der Waals surface area contributed by atoms with Gasteiger partial charge in [0.15, 0.2) is 17.6 Å². The van der Waals surface area contributed by atoms with E-state index in [4.69, 9.17) is 4.74 Å². The van der Waals surface area contributed by atoms with Gasteiger partial charge in [-0.15, -0.1) is 0 Å². The van der Waals surface area contributed by atoms with Gasteiger partial charge >= 0.3 is 6.18 Å². The normalized spacial score (nSPS) is 35.3. The highest BCUT2D eigenvalue weighted by Gasteiger charge is 2.78. The van der Waals surface area contributed by atoms with Crippen LogP contribution in [0, 0.1) is 18.3 Å². The second-order valence-corrected chi connectivity index (χ2v) is 11.9. The number of phenolic OH excluding ortho intramolecular Hbond substituents is 1. The van der Waals surface area contributed by atoms with Crippen molar-refractivity contribution in [2.24, 2.45) is 11.3 Å². The third kappa shape index (κ3) is 2.24. The number of hydrogen-bond acceptors (Lipinski definition) is 4. The number of aromatic amines is 1. The second kappa shape index (κ2) is 6.22. The predicted octanol–water partition coefficient (Wildman–Crippen LogP) is 4.89. The number of hydrogen-bond donors (Lipinski definition) is 3. The molecule has 5 atom stereocenters. The molecule has 1 spiro atoms. The predicted molar refractivity (Wildman–Crippen MR) is 126 cm³/mol. The Kier molecular flexibility index (Phi) is 3.69. The molecule has 3 aromatic rings. The zero-order valence-electron chi connectivity index (χ0n) is 19.8. The number of fused-ring (bicyclic) bond motifs is 7. The summed E-state index contributed by atoms with van der Waals surface area (Å²) in [5.74, 6) is 0.490. The summed E-state index contributed by atoms with van der Waals surface area (Å²) in [6, 6.07) is 11.0. The number of aromatic hydroxyl groups is 1. The first-order chi connectivity index (χ1) is 17.1. The minimum atomic E-state index is -4.23. The first kappa shape index (κ1) is 21.4. The number of aromatic nitrogens is 1. The third-order valence-electron chi connectivity index (χ3n) is 10.1. The molecule has 3 aliphatic carbocycles. The average Bonchev–Trinajstić information content (AvgIpc) is 3.33. The van der Waals surface area contributed by atoms with Crippen LogP contribution in [0.1, 0.15) is 47.8 Å². The number of benzene rings is 2. The lowest BCUT2D eigenvalue weighted by Crippen LogP contribution is -2.69. The van der Waals surface area contributed by atoms with E-state index in [1.165, 1.54) is 0 Å². The lowest BCUT2D eigenvalue weighted by molar-refractivity contribution is -0.207. The van der Waals surface area contributed by atoms with Crippen LogP contribution in [0.4, 0.5) is 13.2 Å². The number of phenols is 1. The van der Waals surface area contributed by atoms with E-state index >= 15 is 0 Å². The van der Waals surface area contributed by atoms with Crippen LogP contribution in [0.25, 0.3) is 10.9 Å². The van der Waals surface area contributed by atoms with Crippen LogP contribution in [0.15, 0.2) is 36.4 Å². The van der Waals surface area contributed by atoms with E-state index < -0.39 is 34.8 Å². The monoisotopic (exact) mass is 496 g/mol. The highest BCUT2D eigenvalue weighted by molar-refractivity contribution is 5.86. The molecule has 5 nitrogen and oxygen atoms in total. The van der Waals surface area contributed by atoms with Gasteiger partial charge in [0.2, 0.25) is 0 Å². The Morgan fingerprint density at radius 2 is 1.94 bits per heavy atom. The van der Waals surface area contributed by atoms with Gasteiger partial charge in [-0.1, -0.05) is 24.3 Å². The molecule has 1 aromatic heterocycles. The quantitative estimate of drug-likeness (QED) is 0.473. The molecule has 3 fully saturated rings. The standard InChI is InChI=1S/C28H27F3N2O3/c1-14-6-7-19(34)22-20(14)26-10-15-12-33(13-25(8-9-25)28(29,30)31)23(15)27(26,35)11-17-16-4-2-3-5-18(16)32-21(17)24(26)36-22/h2-7,15,23-24,32,34-35H,8-13H2,1H3/t15?,23-,24+,26+,27-/m1/s1. The van der Waals surface area contributed by atoms with E-state index in [-0.39, 0.29) is 31.1 Å². The molecule has 2 aromatic carbocycles. The molecule has 0 bridgehead atoms. The van der Waals surface area contributed by atoms with Crippen LogP contribution in [0.3, 0.4) is 0 Å². The Hall–Kier alpha value is -2.71. The molecule has 3 N–H and O–H groups in total. The van der Waals surface area contributed by atoms with Crippen LogP contribution >= 0.6 is 0 Å². The van der Waals surface area contributed by atoms with E-state index in [0.29, 0.717) is 25.1 Å². The first-order valence-electron chi connectivity index (χ1n) is 12.7. The topological polar surface area (TPSA) is 68.7 Å². The largest absolute Gasteiger partial charge is 0.504 e. The number of nitrogens with one attached hydrogen (secondary N) is 1. The second-order valence-electron chi connectivity index (χ2n) is 11.9. The summed E-state index contributed by atoms with van der Waals surface area (Å²) in [7, 11) is 0. The van der Waals surface area contributed by atoms with Crippen molar-refractivity contribution in [3.8, 4) is 11.5 Å². The van der Waals surface area contributed by atoms with Crippen molar-refractivity contribution in [2.45, 2.75) is 61.9 Å². The molecule has 5 aliphatic rings. The Balaban J connectivity index is 1.33. The molecule has 1 unspecified atom stereocenters. The van der Waals surface area contributed by atoms with Crippen LogP contribution < -0.4 is 4.74 Å². The van der Waals surface area contributed by atoms with Crippen LogP contribution in [0.2, 0.25) is 0 Å². The van der Waals surface area contributed by atoms with Crippen molar-refractivity contribution in [1.29, 1.82) is 0 Å².